The Labute approximate surface area is 135 Å². The SMILES string of the molecule is CNc1snc(C)c1C(=O)OCC(=O)N1C(C)CCCC1C. The zero-order valence-corrected chi connectivity index (χ0v) is 14.3. The van der Waals surface area contributed by atoms with Crippen LogP contribution in [0.15, 0.2) is 0 Å². The van der Waals surface area contributed by atoms with Crippen molar-refractivity contribution in [2.24, 2.45) is 0 Å². The van der Waals surface area contributed by atoms with Gasteiger partial charge in [0.1, 0.15) is 10.6 Å². The van der Waals surface area contributed by atoms with Crippen LogP contribution < -0.4 is 5.32 Å². The van der Waals surface area contributed by atoms with Crippen molar-refractivity contribution >= 4 is 28.4 Å². The van der Waals surface area contributed by atoms with Crippen molar-refractivity contribution in [3.63, 3.8) is 0 Å². The molecule has 2 atom stereocenters. The zero-order valence-electron chi connectivity index (χ0n) is 13.5. The van der Waals surface area contributed by atoms with E-state index in [2.05, 4.69) is 9.69 Å². The van der Waals surface area contributed by atoms with Crippen LogP contribution in [0.3, 0.4) is 0 Å². The van der Waals surface area contributed by atoms with Crippen molar-refractivity contribution in [2.45, 2.75) is 52.1 Å². The minimum atomic E-state index is -0.499. The van der Waals surface area contributed by atoms with Crippen LogP contribution in [0.25, 0.3) is 0 Å². The summed E-state index contributed by atoms with van der Waals surface area (Å²) in [5.74, 6) is -0.624. The van der Waals surface area contributed by atoms with Gasteiger partial charge in [-0.25, -0.2) is 4.79 Å². The Balaban J connectivity index is 1.98. The minimum absolute atomic E-state index is 0.125. The second kappa shape index (κ2) is 7.09. The van der Waals surface area contributed by atoms with E-state index in [1.54, 1.807) is 14.0 Å². The molecule has 1 amide bonds. The first-order valence-corrected chi connectivity index (χ1v) is 8.35. The van der Waals surface area contributed by atoms with Gasteiger partial charge >= 0.3 is 5.97 Å². The number of hydrogen-bond donors (Lipinski definition) is 1. The van der Waals surface area contributed by atoms with Gasteiger partial charge in [0.05, 0.1) is 5.69 Å². The van der Waals surface area contributed by atoms with Gasteiger partial charge in [0, 0.05) is 19.1 Å². The van der Waals surface area contributed by atoms with Crippen LogP contribution in [0.4, 0.5) is 5.00 Å². The number of amides is 1. The number of hydrogen-bond acceptors (Lipinski definition) is 6. The van der Waals surface area contributed by atoms with Crippen LogP contribution in [0.2, 0.25) is 0 Å². The molecular weight excluding hydrogens is 302 g/mol. The molecule has 1 aliphatic rings. The van der Waals surface area contributed by atoms with E-state index in [-0.39, 0.29) is 24.6 Å². The van der Waals surface area contributed by atoms with E-state index in [1.807, 2.05) is 18.7 Å². The lowest BCUT2D eigenvalue weighted by atomic mass is 9.97. The quantitative estimate of drug-likeness (QED) is 0.861. The largest absolute Gasteiger partial charge is 0.452 e. The molecule has 122 valence electrons. The molecule has 1 N–H and O–H groups in total. The van der Waals surface area contributed by atoms with Crippen molar-refractivity contribution in [1.82, 2.24) is 9.27 Å². The molecule has 2 unspecified atom stereocenters. The molecule has 1 aromatic heterocycles. The highest BCUT2D eigenvalue weighted by molar-refractivity contribution is 7.10. The first-order valence-electron chi connectivity index (χ1n) is 7.58. The van der Waals surface area contributed by atoms with Crippen molar-refractivity contribution in [3.8, 4) is 0 Å². The third kappa shape index (κ3) is 3.40. The Morgan fingerprint density at radius 3 is 2.59 bits per heavy atom. The molecule has 7 heteroatoms. The van der Waals surface area contributed by atoms with Crippen molar-refractivity contribution < 1.29 is 14.3 Å². The lowest BCUT2D eigenvalue weighted by Crippen LogP contribution is -2.49. The van der Waals surface area contributed by atoms with Crippen LogP contribution in [0, 0.1) is 6.92 Å². The Kier molecular flexibility index (Phi) is 5.39. The summed E-state index contributed by atoms with van der Waals surface area (Å²) in [5.41, 5.74) is 1.03. The molecule has 1 saturated heterocycles. The summed E-state index contributed by atoms with van der Waals surface area (Å²) >= 11 is 1.21. The first-order chi connectivity index (χ1) is 10.5. The number of piperidine rings is 1. The summed E-state index contributed by atoms with van der Waals surface area (Å²) in [6.45, 7) is 5.62. The monoisotopic (exact) mass is 325 g/mol. The number of likely N-dealkylation sites (tertiary alicyclic amines) is 1. The number of rotatable bonds is 4. The lowest BCUT2D eigenvalue weighted by Gasteiger charge is -2.38. The van der Waals surface area contributed by atoms with Gasteiger partial charge in [0.25, 0.3) is 5.91 Å². The van der Waals surface area contributed by atoms with Crippen molar-refractivity contribution in [2.75, 3.05) is 19.0 Å². The number of ether oxygens (including phenoxy) is 1. The first kappa shape index (κ1) is 16.7. The van der Waals surface area contributed by atoms with Gasteiger partial charge in [-0.2, -0.15) is 4.37 Å². The Morgan fingerprint density at radius 2 is 2.00 bits per heavy atom. The summed E-state index contributed by atoms with van der Waals surface area (Å²) in [6.07, 6.45) is 3.14. The molecule has 2 heterocycles. The van der Waals surface area contributed by atoms with Crippen molar-refractivity contribution in [3.05, 3.63) is 11.3 Å². The summed E-state index contributed by atoms with van der Waals surface area (Å²) in [4.78, 5) is 26.4. The fraction of sp³-hybridized carbons (Fsp3) is 0.667. The number of aromatic nitrogens is 1. The fourth-order valence-electron chi connectivity index (χ4n) is 2.97. The van der Waals surface area contributed by atoms with Crippen LogP contribution in [-0.4, -0.2) is 46.9 Å². The lowest BCUT2D eigenvalue weighted by molar-refractivity contribution is -0.140. The van der Waals surface area contributed by atoms with Gasteiger partial charge in [-0.3, -0.25) is 4.79 Å². The number of nitrogens with one attached hydrogen (secondary N) is 1. The molecule has 0 spiro atoms. The van der Waals surface area contributed by atoms with Crippen LogP contribution in [0.1, 0.15) is 49.2 Å². The minimum Gasteiger partial charge on any atom is -0.452 e. The van der Waals surface area contributed by atoms with Gasteiger partial charge in [-0.15, -0.1) is 0 Å². The number of aryl methyl sites for hydroxylation is 1. The average molecular weight is 325 g/mol. The van der Waals surface area contributed by atoms with E-state index in [0.717, 1.165) is 19.3 Å². The zero-order chi connectivity index (χ0) is 16.3. The van der Waals surface area contributed by atoms with Crippen LogP contribution in [0.5, 0.6) is 0 Å². The van der Waals surface area contributed by atoms with E-state index in [9.17, 15) is 9.59 Å². The second-order valence-electron chi connectivity index (χ2n) is 5.73. The van der Waals surface area contributed by atoms with Gasteiger partial charge < -0.3 is 15.0 Å². The molecule has 1 fully saturated rings. The summed E-state index contributed by atoms with van der Waals surface area (Å²) in [6, 6.07) is 0.403. The molecule has 0 radical (unpaired) electrons. The van der Waals surface area contributed by atoms with E-state index < -0.39 is 5.97 Å². The Morgan fingerprint density at radius 1 is 1.36 bits per heavy atom. The number of esters is 1. The molecule has 1 aliphatic heterocycles. The fourth-order valence-corrected chi connectivity index (χ4v) is 3.70. The molecule has 22 heavy (non-hydrogen) atoms. The predicted octanol–water partition coefficient (Wildman–Crippen LogP) is 2.44. The highest BCUT2D eigenvalue weighted by Crippen LogP contribution is 2.25. The van der Waals surface area contributed by atoms with Gasteiger partial charge in [-0.05, 0) is 51.6 Å². The number of nitrogens with zero attached hydrogens (tertiary/aromatic N) is 2. The van der Waals surface area contributed by atoms with Crippen LogP contribution >= 0.6 is 11.5 Å². The summed E-state index contributed by atoms with van der Waals surface area (Å²) in [7, 11) is 1.73. The molecule has 0 bridgehead atoms. The van der Waals surface area contributed by atoms with E-state index in [0.29, 0.717) is 16.3 Å². The topological polar surface area (TPSA) is 71.5 Å². The number of carbonyl (C=O) groups is 2. The van der Waals surface area contributed by atoms with E-state index in [4.69, 9.17) is 4.74 Å². The maximum Gasteiger partial charge on any atom is 0.343 e. The second-order valence-corrected chi connectivity index (χ2v) is 6.50. The predicted molar refractivity (Wildman–Crippen MR) is 86.3 cm³/mol. The molecule has 0 aromatic carbocycles. The third-order valence-corrected chi connectivity index (χ3v) is 5.06. The van der Waals surface area contributed by atoms with Crippen LogP contribution in [-0.2, 0) is 9.53 Å². The standard InChI is InChI=1S/C15H23N3O3S/c1-9-6-5-7-10(2)18(9)12(19)8-21-15(20)13-11(3)17-22-14(13)16-4/h9-10,16H,5-8H2,1-4H3. The smallest absolute Gasteiger partial charge is 0.343 e. The molecule has 0 saturated carbocycles. The average Bonchev–Trinajstić information content (AvgIpc) is 2.85. The van der Waals surface area contributed by atoms with Gasteiger partial charge in [0.15, 0.2) is 6.61 Å². The highest BCUT2D eigenvalue weighted by atomic mass is 32.1. The number of anilines is 1. The Hall–Kier alpha value is -1.63. The normalized spacial score (nSPS) is 21.5. The molecule has 1 aromatic rings. The van der Waals surface area contributed by atoms with E-state index in [1.165, 1.54) is 11.5 Å². The molecule has 0 aliphatic carbocycles. The summed E-state index contributed by atoms with van der Waals surface area (Å²) in [5, 5.41) is 3.58. The highest BCUT2D eigenvalue weighted by Gasteiger charge is 2.30. The maximum atomic E-state index is 12.4. The third-order valence-electron chi connectivity index (χ3n) is 4.10. The van der Waals surface area contributed by atoms with E-state index >= 15 is 0 Å². The number of carbonyl (C=O) groups excluding carboxylic acids is 2. The van der Waals surface area contributed by atoms with Gasteiger partial charge in [0.2, 0.25) is 0 Å². The molecule has 6 nitrogen and oxygen atoms in total. The summed E-state index contributed by atoms with van der Waals surface area (Å²) < 4.78 is 9.35. The van der Waals surface area contributed by atoms with Crippen molar-refractivity contribution in [1.29, 1.82) is 0 Å². The molecular formula is C15H23N3O3S. The Bertz CT molecular complexity index is 548. The maximum absolute atomic E-state index is 12.4. The van der Waals surface area contributed by atoms with Gasteiger partial charge in [-0.1, -0.05) is 0 Å². The molecule has 2 rings (SSSR count).